The Bertz CT molecular complexity index is 570. The largest absolute Gasteiger partial charge is 0.389 e. The summed E-state index contributed by atoms with van der Waals surface area (Å²) in [6.07, 6.45) is 6.11. The highest BCUT2D eigenvalue weighted by Gasteiger charge is 2.33. The molecule has 1 fully saturated rings. The molecule has 0 spiro atoms. The molecular weight excluding hydrogens is 278 g/mol. The van der Waals surface area contributed by atoms with Crippen molar-refractivity contribution in [1.82, 2.24) is 4.98 Å². The first kappa shape index (κ1) is 14.7. The van der Waals surface area contributed by atoms with Gasteiger partial charge in [0.25, 0.3) is 0 Å². The minimum atomic E-state index is -0.530. The Morgan fingerprint density at radius 1 is 1.24 bits per heavy atom. The van der Waals surface area contributed by atoms with Crippen LogP contribution in [0.15, 0.2) is 35.7 Å². The lowest BCUT2D eigenvalue weighted by atomic mass is 9.76. The number of rotatable bonds is 4. The van der Waals surface area contributed by atoms with Crippen molar-refractivity contribution >= 4 is 11.3 Å². The van der Waals surface area contributed by atoms with E-state index in [4.69, 9.17) is 4.98 Å². The van der Waals surface area contributed by atoms with Crippen molar-refractivity contribution in [2.24, 2.45) is 5.92 Å². The first-order valence-corrected chi connectivity index (χ1v) is 8.79. The second kappa shape index (κ2) is 6.29. The summed E-state index contributed by atoms with van der Waals surface area (Å²) in [5.41, 5.74) is 1.65. The molecule has 0 saturated heterocycles. The molecule has 0 unspecified atom stereocenters. The Hall–Kier alpha value is -1.19. The SMILES string of the molecule is CCC1CCC(O)(Cc2nc(-c3ccccc3)cs2)CC1. The average molecular weight is 301 g/mol. The minimum absolute atomic E-state index is 0.530. The van der Waals surface area contributed by atoms with Gasteiger partial charge in [-0.05, 0) is 31.6 Å². The molecule has 0 aliphatic heterocycles. The van der Waals surface area contributed by atoms with E-state index in [0.717, 1.165) is 47.9 Å². The van der Waals surface area contributed by atoms with Gasteiger partial charge in [-0.25, -0.2) is 4.98 Å². The zero-order valence-electron chi connectivity index (χ0n) is 12.6. The van der Waals surface area contributed by atoms with Crippen molar-refractivity contribution < 1.29 is 5.11 Å². The quantitative estimate of drug-likeness (QED) is 0.889. The van der Waals surface area contributed by atoms with Gasteiger partial charge in [0, 0.05) is 17.4 Å². The maximum atomic E-state index is 10.8. The molecule has 3 rings (SSSR count). The molecule has 1 aromatic carbocycles. The van der Waals surface area contributed by atoms with Crippen LogP contribution in [-0.2, 0) is 6.42 Å². The molecule has 3 heteroatoms. The van der Waals surface area contributed by atoms with E-state index in [1.807, 2.05) is 18.2 Å². The third-order valence-corrected chi connectivity index (χ3v) is 5.56. The highest BCUT2D eigenvalue weighted by atomic mass is 32.1. The van der Waals surface area contributed by atoms with E-state index < -0.39 is 5.60 Å². The molecule has 1 aromatic heterocycles. The Kier molecular flexibility index (Phi) is 4.41. The number of aromatic nitrogens is 1. The third kappa shape index (κ3) is 3.53. The fourth-order valence-corrected chi connectivity index (χ4v) is 4.15. The maximum Gasteiger partial charge on any atom is 0.0961 e. The summed E-state index contributed by atoms with van der Waals surface area (Å²) < 4.78 is 0. The first-order chi connectivity index (χ1) is 10.2. The van der Waals surface area contributed by atoms with Crippen molar-refractivity contribution in [2.45, 2.75) is 51.0 Å². The second-order valence-electron chi connectivity index (χ2n) is 6.25. The van der Waals surface area contributed by atoms with Crippen molar-refractivity contribution in [3.8, 4) is 11.3 Å². The van der Waals surface area contributed by atoms with E-state index in [9.17, 15) is 5.11 Å². The van der Waals surface area contributed by atoms with Crippen molar-refractivity contribution in [1.29, 1.82) is 0 Å². The Morgan fingerprint density at radius 2 is 1.95 bits per heavy atom. The van der Waals surface area contributed by atoms with E-state index >= 15 is 0 Å². The topological polar surface area (TPSA) is 33.1 Å². The number of nitrogens with zero attached hydrogens (tertiary/aromatic N) is 1. The molecule has 1 saturated carbocycles. The predicted molar refractivity (Wildman–Crippen MR) is 88.5 cm³/mol. The van der Waals surface area contributed by atoms with Crippen LogP contribution >= 0.6 is 11.3 Å². The highest BCUT2D eigenvalue weighted by molar-refractivity contribution is 7.09. The smallest absolute Gasteiger partial charge is 0.0961 e. The molecule has 0 radical (unpaired) electrons. The molecule has 1 aliphatic carbocycles. The van der Waals surface area contributed by atoms with Gasteiger partial charge in [-0.2, -0.15) is 0 Å². The summed E-state index contributed by atoms with van der Waals surface area (Å²) in [7, 11) is 0. The van der Waals surface area contributed by atoms with Gasteiger partial charge >= 0.3 is 0 Å². The van der Waals surface area contributed by atoms with Crippen LogP contribution < -0.4 is 0 Å². The van der Waals surface area contributed by atoms with Crippen LogP contribution in [0.2, 0.25) is 0 Å². The van der Waals surface area contributed by atoms with Gasteiger partial charge in [-0.3, -0.25) is 0 Å². The molecule has 1 N–H and O–H groups in total. The van der Waals surface area contributed by atoms with Crippen molar-refractivity contribution in [3.05, 3.63) is 40.7 Å². The summed E-state index contributed by atoms with van der Waals surface area (Å²) in [5.74, 6) is 0.807. The van der Waals surface area contributed by atoms with Gasteiger partial charge in [0.15, 0.2) is 0 Å². The summed E-state index contributed by atoms with van der Waals surface area (Å²) >= 11 is 1.67. The number of hydrogen-bond acceptors (Lipinski definition) is 3. The van der Waals surface area contributed by atoms with Crippen molar-refractivity contribution in [2.75, 3.05) is 0 Å². The van der Waals surface area contributed by atoms with Gasteiger partial charge in [-0.15, -0.1) is 11.3 Å². The lowest BCUT2D eigenvalue weighted by Crippen LogP contribution is -2.36. The third-order valence-electron chi connectivity index (χ3n) is 4.71. The van der Waals surface area contributed by atoms with Crippen LogP contribution in [0, 0.1) is 5.92 Å². The van der Waals surface area contributed by atoms with Gasteiger partial charge in [0.2, 0.25) is 0 Å². The van der Waals surface area contributed by atoms with Gasteiger partial charge in [-0.1, -0.05) is 43.7 Å². The number of benzene rings is 1. The molecular formula is C18H23NOS. The van der Waals surface area contributed by atoms with Crippen LogP contribution in [0.4, 0.5) is 0 Å². The molecule has 0 amide bonds. The summed E-state index contributed by atoms with van der Waals surface area (Å²) in [4.78, 5) is 4.72. The van der Waals surface area contributed by atoms with Crippen LogP contribution in [0.25, 0.3) is 11.3 Å². The van der Waals surface area contributed by atoms with Crippen molar-refractivity contribution in [3.63, 3.8) is 0 Å². The van der Waals surface area contributed by atoms with Crippen LogP contribution in [0.3, 0.4) is 0 Å². The van der Waals surface area contributed by atoms with E-state index in [0.29, 0.717) is 6.42 Å². The highest BCUT2D eigenvalue weighted by Crippen LogP contribution is 2.36. The number of aliphatic hydroxyl groups is 1. The molecule has 1 aliphatic rings. The van der Waals surface area contributed by atoms with Gasteiger partial charge in [0.1, 0.15) is 0 Å². The van der Waals surface area contributed by atoms with Crippen LogP contribution in [0.5, 0.6) is 0 Å². The molecule has 2 nitrogen and oxygen atoms in total. The fraction of sp³-hybridized carbons (Fsp3) is 0.500. The van der Waals surface area contributed by atoms with E-state index in [2.05, 4.69) is 24.4 Å². The van der Waals surface area contributed by atoms with E-state index in [-0.39, 0.29) is 0 Å². The van der Waals surface area contributed by atoms with Crippen LogP contribution in [0.1, 0.15) is 44.0 Å². The molecule has 112 valence electrons. The first-order valence-electron chi connectivity index (χ1n) is 7.91. The minimum Gasteiger partial charge on any atom is -0.389 e. The summed E-state index contributed by atoms with van der Waals surface area (Å²) in [6, 6.07) is 10.3. The zero-order valence-corrected chi connectivity index (χ0v) is 13.4. The van der Waals surface area contributed by atoms with E-state index in [1.165, 1.54) is 6.42 Å². The average Bonchev–Trinajstić information content (AvgIpc) is 2.97. The molecule has 1 heterocycles. The molecule has 2 aromatic rings. The molecule has 0 bridgehead atoms. The van der Waals surface area contributed by atoms with Crippen LogP contribution in [-0.4, -0.2) is 15.7 Å². The Balaban J connectivity index is 1.67. The Labute approximate surface area is 130 Å². The summed E-state index contributed by atoms with van der Waals surface area (Å²) in [5, 5.41) is 13.9. The molecule has 0 atom stereocenters. The molecule has 21 heavy (non-hydrogen) atoms. The maximum absolute atomic E-state index is 10.8. The lowest BCUT2D eigenvalue weighted by molar-refractivity contribution is -0.00923. The summed E-state index contributed by atoms with van der Waals surface area (Å²) in [6.45, 7) is 2.25. The standard InChI is InChI=1S/C18H23NOS/c1-2-14-8-10-18(20,11-9-14)12-17-19-16(13-21-17)15-6-4-3-5-7-15/h3-7,13-14,20H,2,8-12H2,1H3. The van der Waals surface area contributed by atoms with Gasteiger partial charge in [0.05, 0.1) is 16.3 Å². The number of thiazole rings is 1. The number of hydrogen-bond donors (Lipinski definition) is 1. The Morgan fingerprint density at radius 3 is 2.62 bits per heavy atom. The van der Waals surface area contributed by atoms with E-state index in [1.54, 1.807) is 11.3 Å². The lowest BCUT2D eigenvalue weighted by Gasteiger charge is -2.35. The predicted octanol–water partition coefficient (Wildman–Crippen LogP) is 4.68. The van der Waals surface area contributed by atoms with Gasteiger partial charge < -0.3 is 5.11 Å². The fourth-order valence-electron chi connectivity index (χ4n) is 3.22. The normalized spacial score (nSPS) is 25.9. The monoisotopic (exact) mass is 301 g/mol. The second-order valence-corrected chi connectivity index (χ2v) is 7.19. The zero-order chi connectivity index (χ0) is 14.7.